The molecule has 0 aliphatic heterocycles. The van der Waals surface area contributed by atoms with Crippen LogP contribution in [0.25, 0.3) is 88.7 Å². The largest absolute Gasteiger partial charge is 0.456 e. The molecule has 0 aliphatic rings. The molecule has 0 saturated heterocycles. The van der Waals surface area contributed by atoms with Gasteiger partial charge < -0.3 is 9.32 Å². The van der Waals surface area contributed by atoms with Crippen LogP contribution in [0.2, 0.25) is 0 Å². The number of furan rings is 1. The second kappa shape index (κ2) is 16.1. The van der Waals surface area contributed by atoms with E-state index in [9.17, 15) is 0 Å². The average molecular weight is 792 g/mol. The van der Waals surface area contributed by atoms with Gasteiger partial charge in [0.1, 0.15) is 11.2 Å². The molecule has 11 aromatic rings. The molecule has 10 aromatic carbocycles. The molecule has 0 atom stereocenters. The van der Waals surface area contributed by atoms with Crippen LogP contribution in [0.1, 0.15) is 0 Å². The molecular weight excluding hydrogens is 751 g/mol. The van der Waals surface area contributed by atoms with E-state index in [0.29, 0.717) is 0 Å². The fraction of sp³-hybridized carbons (Fsp3) is 0. The van der Waals surface area contributed by atoms with Crippen LogP contribution in [-0.4, -0.2) is 0 Å². The molecule has 2 nitrogen and oxygen atoms in total. The Labute approximate surface area is 362 Å². The van der Waals surface area contributed by atoms with Gasteiger partial charge in [-0.05, 0) is 97.6 Å². The molecule has 0 fully saturated rings. The summed E-state index contributed by atoms with van der Waals surface area (Å²) in [5, 5.41) is 2.21. The molecule has 0 radical (unpaired) electrons. The first-order valence-electron chi connectivity index (χ1n) is 21.2. The third-order valence-electron chi connectivity index (χ3n) is 11.9. The summed E-state index contributed by atoms with van der Waals surface area (Å²) < 4.78 is 6.55. The van der Waals surface area contributed by atoms with Crippen LogP contribution >= 0.6 is 0 Å². The van der Waals surface area contributed by atoms with E-state index >= 15 is 0 Å². The molecule has 0 saturated carbocycles. The van der Waals surface area contributed by atoms with Crippen LogP contribution in [-0.2, 0) is 0 Å². The molecule has 2 heteroatoms. The molecule has 0 N–H and O–H groups in total. The SMILES string of the molecule is c1ccc(-c2ccccc2-c2ccccc2-c2ccc(N(c3ccc4c(c3)oc3ccccc34)c3ccc(-c4ccccc4)c(-c4ccccc4)c3-c3ccccc3)cc2)cc1. The van der Waals surface area contributed by atoms with Crippen molar-refractivity contribution in [1.29, 1.82) is 0 Å². The van der Waals surface area contributed by atoms with Crippen molar-refractivity contribution in [1.82, 2.24) is 0 Å². The lowest BCUT2D eigenvalue weighted by molar-refractivity contribution is 0.669. The molecule has 0 spiro atoms. The normalized spacial score (nSPS) is 11.2. The van der Waals surface area contributed by atoms with Gasteiger partial charge in [-0.3, -0.25) is 0 Å². The lowest BCUT2D eigenvalue weighted by Gasteiger charge is -2.30. The lowest BCUT2D eigenvalue weighted by Crippen LogP contribution is -2.12. The van der Waals surface area contributed by atoms with Gasteiger partial charge in [-0.1, -0.05) is 206 Å². The molecule has 62 heavy (non-hydrogen) atoms. The van der Waals surface area contributed by atoms with Gasteiger partial charge in [-0.15, -0.1) is 0 Å². The summed E-state index contributed by atoms with van der Waals surface area (Å²) in [5.41, 5.74) is 18.9. The van der Waals surface area contributed by atoms with Gasteiger partial charge in [0.05, 0.1) is 5.69 Å². The van der Waals surface area contributed by atoms with Gasteiger partial charge in [0.15, 0.2) is 0 Å². The van der Waals surface area contributed by atoms with E-state index in [4.69, 9.17) is 4.42 Å². The van der Waals surface area contributed by atoms with Gasteiger partial charge in [-0.25, -0.2) is 0 Å². The molecule has 1 heterocycles. The van der Waals surface area contributed by atoms with Crippen molar-refractivity contribution < 1.29 is 4.42 Å². The number of benzene rings is 10. The number of hydrogen-bond donors (Lipinski definition) is 0. The fourth-order valence-corrected chi connectivity index (χ4v) is 9.07. The minimum atomic E-state index is 0.849. The van der Waals surface area contributed by atoms with Gasteiger partial charge in [0.2, 0.25) is 0 Å². The Morgan fingerprint density at radius 3 is 1.29 bits per heavy atom. The topological polar surface area (TPSA) is 16.4 Å². The van der Waals surface area contributed by atoms with Crippen LogP contribution in [0, 0.1) is 0 Å². The van der Waals surface area contributed by atoms with E-state index in [1.54, 1.807) is 0 Å². The molecule has 0 aliphatic carbocycles. The van der Waals surface area contributed by atoms with Gasteiger partial charge >= 0.3 is 0 Å². The van der Waals surface area contributed by atoms with Crippen LogP contribution in [0.5, 0.6) is 0 Å². The van der Waals surface area contributed by atoms with E-state index in [-0.39, 0.29) is 0 Å². The Morgan fingerprint density at radius 1 is 0.258 bits per heavy atom. The highest BCUT2D eigenvalue weighted by Gasteiger charge is 2.25. The lowest BCUT2D eigenvalue weighted by atomic mass is 9.86. The Kier molecular flexibility index (Phi) is 9.57. The Morgan fingerprint density at radius 2 is 0.694 bits per heavy atom. The molecule has 0 amide bonds. The van der Waals surface area contributed by atoms with Crippen LogP contribution in [0.4, 0.5) is 17.1 Å². The third-order valence-corrected chi connectivity index (χ3v) is 11.9. The highest BCUT2D eigenvalue weighted by atomic mass is 16.3. The second-order valence-corrected chi connectivity index (χ2v) is 15.6. The van der Waals surface area contributed by atoms with Crippen molar-refractivity contribution >= 4 is 39.0 Å². The number of rotatable bonds is 9. The van der Waals surface area contributed by atoms with E-state index in [0.717, 1.165) is 61.3 Å². The zero-order chi connectivity index (χ0) is 41.2. The molecule has 0 unspecified atom stereocenters. The monoisotopic (exact) mass is 791 g/mol. The van der Waals surface area contributed by atoms with Gasteiger partial charge in [0, 0.05) is 33.8 Å². The highest BCUT2D eigenvalue weighted by molar-refractivity contribution is 6.07. The maximum atomic E-state index is 6.55. The number of hydrogen-bond acceptors (Lipinski definition) is 2. The Hall–Kier alpha value is -8.20. The first-order valence-corrected chi connectivity index (χ1v) is 21.2. The van der Waals surface area contributed by atoms with E-state index < -0.39 is 0 Å². The second-order valence-electron chi connectivity index (χ2n) is 15.6. The van der Waals surface area contributed by atoms with Crippen LogP contribution in [0.15, 0.2) is 253 Å². The average Bonchev–Trinajstić information content (AvgIpc) is 3.73. The van der Waals surface area contributed by atoms with Crippen molar-refractivity contribution in [2.75, 3.05) is 4.90 Å². The zero-order valence-corrected chi connectivity index (χ0v) is 34.0. The van der Waals surface area contributed by atoms with Gasteiger partial charge in [-0.2, -0.15) is 0 Å². The summed E-state index contributed by atoms with van der Waals surface area (Å²) in [6, 6.07) is 89.1. The zero-order valence-electron chi connectivity index (χ0n) is 34.0. The van der Waals surface area contributed by atoms with E-state index in [2.05, 4.69) is 241 Å². The predicted molar refractivity (Wildman–Crippen MR) is 261 cm³/mol. The summed E-state index contributed by atoms with van der Waals surface area (Å²) >= 11 is 0. The number of nitrogens with zero attached hydrogens (tertiary/aromatic N) is 1. The third kappa shape index (κ3) is 6.74. The number of anilines is 3. The highest BCUT2D eigenvalue weighted by Crippen LogP contribution is 2.50. The Bertz CT molecular complexity index is 3320. The molecule has 0 bridgehead atoms. The van der Waals surface area contributed by atoms with Gasteiger partial charge in [0.25, 0.3) is 0 Å². The van der Waals surface area contributed by atoms with E-state index in [1.165, 1.54) is 44.5 Å². The summed E-state index contributed by atoms with van der Waals surface area (Å²) in [6.45, 7) is 0. The smallest absolute Gasteiger partial charge is 0.137 e. The number of para-hydroxylation sites is 1. The van der Waals surface area contributed by atoms with Crippen molar-refractivity contribution in [3.63, 3.8) is 0 Å². The fourth-order valence-electron chi connectivity index (χ4n) is 9.07. The maximum absolute atomic E-state index is 6.55. The minimum absolute atomic E-state index is 0.849. The molecular formula is C60H41NO. The predicted octanol–water partition coefficient (Wildman–Crippen LogP) is 17.1. The number of fused-ring (bicyclic) bond motifs is 3. The van der Waals surface area contributed by atoms with E-state index in [1.807, 2.05) is 12.1 Å². The van der Waals surface area contributed by atoms with Crippen LogP contribution < -0.4 is 4.90 Å². The van der Waals surface area contributed by atoms with Crippen molar-refractivity contribution in [2.45, 2.75) is 0 Å². The first-order chi connectivity index (χ1) is 30.8. The molecule has 11 rings (SSSR count). The summed E-state index contributed by atoms with van der Waals surface area (Å²) in [4.78, 5) is 2.40. The Balaban J connectivity index is 1.13. The molecule has 1 aromatic heterocycles. The summed E-state index contributed by atoms with van der Waals surface area (Å²) in [5.74, 6) is 0. The standard InChI is InChI=1S/C60H41NO/c1-5-19-42(20-6-1)49-27-13-15-29-52(49)53-30-16-14-28-50(53)44-33-35-47(36-34-44)61(48-37-38-55-54-31-17-18-32-57(54)62-58(55)41-48)56-40-39-51(43-21-7-2-8-22-43)59(45-23-9-3-10-24-45)60(56)46-25-11-4-12-26-46/h1-41H. The van der Waals surface area contributed by atoms with Crippen molar-refractivity contribution in [3.05, 3.63) is 249 Å². The summed E-state index contributed by atoms with van der Waals surface area (Å²) in [7, 11) is 0. The van der Waals surface area contributed by atoms with Crippen molar-refractivity contribution in [2.24, 2.45) is 0 Å². The minimum Gasteiger partial charge on any atom is -0.456 e. The molecule has 292 valence electrons. The van der Waals surface area contributed by atoms with Crippen LogP contribution in [0.3, 0.4) is 0 Å². The van der Waals surface area contributed by atoms with Crippen molar-refractivity contribution in [3.8, 4) is 66.8 Å². The summed E-state index contributed by atoms with van der Waals surface area (Å²) in [6.07, 6.45) is 0. The maximum Gasteiger partial charge on any atom is 0.137 e. The quantitative estimate of drug-likeness (QED) is 0.145. The first kappa shape index (κ1) is 36.8.